The van der Waals surface area contributed by atoms with Crippen LogP contribution >= 0.6 is 22.7 Å². The highest BCUT2D eigenvalue weighted by Gasteiger charge is 2.06. The predicted molar refractivity (Wildman–Crippen MR) is 47.8 cm³/mol. The van der Waals surface area contributed by atoms with Crippen LogP contribution in [0.4, 0.5) is 10.0 Å². The molecular weight excluding hydrogens is 232 g/mol. The van der Waals surface area contributed by atoms with E-state index in [9.17, 15) is 4.91 Å². The zero-order valence-electron chi connectivity index (χ0n) is 6.41. The Balaban J connectivity index is 3.61. The molecule has 0 amide bonds. The summed E-state index contributed by atoms with van der Waals surface area (Å²) in [6.45, 7) is 0. The summed E-state index contributed by atoms with van der Waals surface area (Å²) < 4.78 is -0.132. The summed E-state index contributed by atoms with van der Waals surface area (Å²) in [5.74, 6) is 0. The Morgan fingerprint density at radius 3 is 2.14 bits per heavy atom. The standard InChI is InChI=1S/C4H4N4O4S2/c9-5-1-2(6-10)14-4(8-12)3(7-11)13-1/h5,9,11-12H/b7-3-,8-4-. The molecule has 10 heteroatoms. The molecule has 0 aliphatic carbocycles. The van der Waals surface area contributed by atoms with E-state index in [4.69, 9.17) is 15.6 Å². The molecule has 1 heterocycles. The first-order valence-corrected chi connectivity index (χ1v) is 4.68. The predicted octanol–water partition coefficient (Wildman–Crippen LogP) is 0.588. The Bertz CT molecular complexity index is 463. The van der Waals surface area contributed by atoms with Crippen LogP contribution in [-0.2, 0) is 0 Å². The van der Waals surface area contributed by atoms with E-state index in [0.29, 0.717) is 22.7 Å². The molecule has 0 saturated heterocycles. The first kappa shape index (κ1) is 10.6. The molecule has 76 valence electrons. The molecule has 0 bridgehead atoms. The van der Waals surface area contributed by atoms with E-state index < -0.39 is 0 Å². The number of hydrogen-bond donors (Lipinski definition) is 4. The molecule has 0 radical (unpaired) electrons. The third-order valence-electron chi connectivity index (χ3n) is 1.14. The van der Waals surface area contributed by atoms with Gasteiger partial charge in [-0.05, 0) is 5.18 Å². The lowest BCUT2D eigenvalue weighted by Gasteiger charge is -1.97. The van der Waals surface area contributed by atoms with Crippen molar-refractivity contribution in [2.45, 2.75) is 0 Å². The van der Waals surface area contributed by atoms with E-state index in [1.165, 1.54) is 0 Å². The maximum absolute atomic E-state index is 10.3. The molecule has 1 aromatic rings. The Hall–Kier alpha value is -1.52. The summed E-state index contributed by atoms with van der Waals surface area (Å²) in [7, 11) is 0. The van der Waals surface area contributed by atoms with Crippen molar-refractivity contribution in [3.63, 3.8) is 0 Å². The Morgan fingerprint density at radius 1 is 1.14 bits per heavy atom. The van der Waals surface area contributed by atoms with Crippen molar-refractivity contribution < 1.29 is 15.6 Å². The van der Waals surface area contributed by atoms with Crippen molar-refractivity contribution in [2.24, 2.45) is 15.5 Å². The van der Waals surface area contributed by atoms with Gasteiger partial charge in [-0.15, -0.1) is 4.91 Å². The molecule has 14 heavy (non-hydrogen) atoms. The van der Waals surface area contributed by atoms with Gasteiger partial charge in [0.05, 0.1) is 0 Å². The Kier molecular flexibility index (Phi) is 3.50. The minimum absolute atomic E-state index is 0.00481. The van der Waals surface area contributed by atoms with Gasteiger partial charge in [0.25, 0.3) is 0 Å². The van der Waals surface area contributed by atoms with Crippen molar-refractivity contribution in [2.75, 3.05) is 5.48 Å². The highest BCUT2D eigenvalue weighted by atomic mass is 32.1. The summed E-state index contributed by atoms with van der Waals surface area (Å²) in [4.78, 5) is 10.3. The summed E-state index contributed by atoms with van der Waals surface area (Å²) in [6.07, 6.45) is 0. The number of rotatable bonds is 2. The fourth-order valence-electron chi connectivity index (χ4n) is 0.623. The van der Waals surface area contributed by atoms with E-state index in [2.05, 4.69) is 15.5 Å². The van der Waals surface area contributed by atoms with Crippen LogP contribution in [-0.4, -0.2) is 15.6 Å². The van der Waals surface area contributed by atoms with Gasteiger partial charge in [-0.25, -0.2) is 0 Å². The number of nitroso groups, excluding NO2 is 1. The fourth-order valence-corrected chi connectivity index (χ4v) is 2.18. The van der Waals surface area contributed by atoms with Gasteiger partial charge in [0.2, 0.25) is 0 Å². The van der Waals surface area contributed by atoms with Gasteiger partial charge in [-0.2, -0.15) is 0 Å². The van der Waals surface area contributed by atoms with Crippen LogP contribution in [0.25, 0.3) is 0 Å². The average molecular weight is 236 g/mol. The van der Waals surface area contributed by atoms with E-state index in [0.717, 1.165) is 0 Å². The van der Waals surface area contributed by atoms with Gasteiger partial charge in [-0.3, -0.25) is 10.7 Å². The molecular formula is C4H4N4O4S2. The third kappa shape index (κ3) is 1.86. The second kappa shape index (κ2) is 4.64. The van der Waals surface area contributed by atoms with Crippen LogP contribution in [0.3, 0.4) is 0 Å². The maximum Gasteiger partial charge on any atom is 0.198 e. The van der Waals surface area contributed by atoms with Crippen LogP contribution in [0.2, 0.25) is 0 Å². The molecule has 1 aromatic heterocycles. The van der Waals surface area contributed by atoms with Gasteiger partial charge in [-0.1, -0.05) is 33.0 Å². The smallest absolute Gasteiger partial charge is 0.198 e. The molecule has 0 atom stereocenters. The van der Waals surface area contributed by atoms with Gasteiger partial charge in [0.15, 0.2) is 19.3 Å². The SMILES string of the molecule is O=Nc1sc(=N\O)/c(=N/O)sc1NO. The highest BCUT2D eigenvalue weighted by molar-refractivity contribution is 7.22. The van der Waals surface area contributed by atoms with Crippen molar-refractivity contribution in [1.82, 2.24) is 0 Å². The van der Waals surface area contributed by atoms with Crippen LogP contribution in [0.15, 0.2) is 15.5 Å². The fraction of sp³-hybridized carbons (Fsp3) is 0. The minimum Gasteiger partial charge on any atom is -0.410 e. The normalized spacial score (nSPS) is 12.9. The van der Waals surface area contributed by atoms with Gasteiger partial charge in [0.1, 0.15) is 0 Å². The quantitative estimate of drug-likeness (QED) is 0.339. The molecule has 0 saturated carbocycles. The van der Waals surface area contributed by atoms with Crippen molar-refractivity contribution in [3.05, 3.63) is 14.2 Å². The number of hydrogen-bond acceptors (Lipinski definition) is 10. The molecule has 4 N–H and O–H groups in total. The van der Waals surface area contributed by atoms with E-state index in [1.807, 2.05) is 0 Å². The first-order chi connectivity index (χ1) is 6.76. The average Bonchev–Trinajstić information content (AvgIpc) is 2.26. The summed E-state index contributed by atoms with van der Waals surface area (Å²) in [6, 6.07) is 0. The maximum atomic E-state index is 10.3. The largest absolute Gasteiger partial charge is 0.410 e. The Morgan fingerprint density at radius 2 is 1.71 bits per heavy atom. The zero-order chi connectivity index (χ0) is 10.6. The monoisotopic (exact) mass is 236 g/mol. The lowest BCUT2D eigenvalue weighted by Crippen LogP contribution is -2.20. The second-order valence-corrected chi connectivity index (χ2v) is 3.83. The minimum atomic E-state index is -0.113. The van der Waals surface area contributed by atoms with Crippen molar-refractivity contribution in [3.8, 4) is 0 Å². The highest BCUT2D eigenvalue weighted by Crippen LogP contribution is 2.27. The van der Waals surface area contributed by atoms with Gasteiger partial charge in [0, 0.05) is 0 Å². The molecule has 0 aliphatic rings. The molecule has 0 aromatic carbocycles. The summed E-state index contributed by atoms with van der Waals surface area (Å²) in [5, 5.41) is 33.6. The topological polar surface area (TPSA) is 127 Å². The summed E-state index contributed by atoms with van der Waals surface area (Å²) in [5.41, 5.74) is 1.71. The molecule has 0 unspecified atom stereocenters. The van der Waals surface area contributed by atoms with Gasteiger partial charge < -0.3 is 10.4 Å². The van der Waals surface area contributed by atoms with Gasteiger partial charge >= 0.3 is 0 Å². The lowest BCUT2D eigenvalue weighted by molar-refractivity contribution is 0.291. The van der Waals surface area contributed by atoms with E-state index >= 15 is 0 Å². The van der Waals surface area contributed by atoms with Crippen molar-refractivity contribution >= 4 is 32.7 Å². The number of nitrogens with one attached hydrogen (secondary N) is 1. The molecule has 0 fully saturated rings. The van der Waals surface area contributed by atoms with Crippen LogP contribution in [0.5, 0.6) is 0 Å². The van der Waals surface area contributed by atoms with Crippen molar-refractivity contribution in [1.29, 1.82) is 0 Å². The second-order valence-electron chi connectivity index (χ2n) is 1.85. The van der Waals surface area contributed by atoms with Crippen LogP contribution in [0.1, 0.15) is 0 Å². The van der Waals surface area contributed by atoms with Crippen LogP contribution in [0, 0.1) is 4.91 Å². The Labute approximate surface area is 84.0 Å². The molecule has 0 aliphatic heterocycles. The van der Waals surface area contributed by atoms with Crippen LogP contribution < -0.4 is 14.8 Å². The number of nitrogens with zero attached hydrogens (tertiary/aromatic N) is 3. The van der Waals surface area contributed by atoms with E-state index in [-0.39, 0.29) is 19.3 Å². The lowest BCUT2D eigenvalue weighted by atomic mass is 10.8. The molecule has 8 nitrogen and oxygen atoms in total. The number of anilines is 1. The zero-order valence-corrected chi connectivity index (χ0v) is 8.04. The first-order valence-electron chi connectivity index (χ1n) is 3.04. The molecule has 1 rings (SSSR count). The summed E-state index contributed by atoms with van der Waals surface area (Å²) >= 11 is 1.37. The molecule has 0 spiro atoms. The third-order valence-corrected chi connectivity index (χ3v) is 3.29. The van der Waals surface area contributed by atoms with E-state index in [1.54, 1.807) is 5.48 Å².